The summed E-state index contributed by atoms with van der Waals surface area (Å²) in [5.41, 5.74) is 10.1. The summed E-state index contributed by atoms with van der Waals surface area (Å²) in [6.07, 6.45) is 0. The minimum Gasteiger partial charge on any atom is -0.455 e. The summed E-state index contributed by atoms with van der Waals surface area (Å²) in [4.78, 5) is 2.43. The van der Waals surface area contributed by atoms with E-state index in [9.17, 15) is 0 Å². The monoisotopic (exact) mass is 799 g/mol. The Morgan fingerprint density at radius 3 is 1.83 bits per heavy atom. The van der Waals surface area contributed by atoms with Crippen molar-refractivity contribution in [3.8, 4) is 22.3 Å². The second-order valence-electron chi connectivity index (χ2n) is 15.6. The van der Waals surface area contributed by atoms with Crippen LogP contribution >= 0.6 is 22.7 Å². The molecule has 0 fully saturated rings. The van der Waals surface area contributed by atoms with Crippen LogP contribution in [0.15, 0.2) is 205 Å². The average Bonchev–Trinajstić information content (AvgIpc) is 4.00. The maximum atomic E-state index is 6.61. The molecule has 0 aliphatic rings. The highest BCUT2D eigenvalue weighted by atomic mass is 32.1. The standard InChI is InChI=1S/C56H33NOS2/c1-2-10-37-31-40(20-19-34(37)9-1)35-21-25-41(26-22-35)57(48-16-7-15-46-47-32-38-11-3-4-12-39(38)33-52(47)60-56(46)48)42-27-23-36(24-28-42)43-14-8-18-50-53(43)54-51(59-50)30-29-45-44-13-5-6-17-49(44)58-55(45)54/h1-33H. The summed E-state index contributed by atoms with van der Waals surface area (Å²) in [7, 11) is 0. The second-order valence-corrected chi connectivity index (χ2v) is 17.8. The van der Waals surface area contributed by atoms with Crippen molar-refractivity contribution in [1.29, 1.82) is 0 Å². The Labute approximate surface area is 353 Å². The van der Waals surface area contributed by atoms with Crippen molar-refractivity contribution in [3.05, 3.63) is 200 Å². The molecule has 13 aromatic rings. The molecule has 0 bridgehead atoms. The number of benzene rings is 10. The van der Waals surface area contributed by atoms with E-state index in [1.807, 2.05) is 28.7 Å². The molecule has 0 atom stereocenters. The minimum atomic E-state index is 0.925. The quantitative estimate of drug-likeness (QED) is 0.172. The highest BCUT2D eigenvalue weighted by Crippen LogP contribution is 2.48. The molecule has 2 nitrogen and oxygen atoms in total. The summed E-state index contributed by atoms with van der Waals surface area (Å²) < 4.78 is 11.7. The van der Waals surface area contributed by atoms with E-state index in [-0.39, 0.29) is 0 Å². The van der Waals surface area contributed by atoms with Crippen LogP contribution in [0.25, 0.3) is 106 Å². The SMILES string of the molecule is c1ccc2cc(-c3ccc(N(c4ccc(-c5cccc6sc7ccc8c9ccccc9oc8c7c56)cc4)c4cccc5c4sc4cc6ccccc6cc45)cc3)ccc2c1. The Kier molecular flexibility index (Phi) is 7.38. The van der Waals surface area contributed by atoms with Gasteiger partial charge in [-0.3, -0.25) is 0 Å². The van der Waals surface area contributed by atoms with Crippen LogP contribution in [0.4, 0.5) is 17.1 Å². The van der Waals surface area contributed by atoms with Crippen molar-refractivity contribution in [3.63, 3.8) is 0 Å². The van der Waals surface area contributed by atoms with Crippen molar-refractivity contribution in [2.75, 3.05) is 4.90 Å². The van der Waals surface area contributed by atoms with Crippen LogP contribution in [0, 0.1) is 0 Å². The Morgan fingerprint density at radius 1 is 0.367 bits per heavy atom. The van der Waals surface area contributed by atoms with Gasteiger partial charge < -0.3 is 9.32 Å². The number of rotatable bonds is 5. The molecule has 0 amide bonds. The Bertz CT molecular complexity index is 3830. The van der Waals surface area contributed by atoms with Crippen LogP contribution in [-0.2, 0) is 0 Å². The highest BCUT2D eigenvalue weighted by molar-refractivity contribution is 7.26. The van der Waals surface area contributed by atoms with Crippen LogP contribution in [0.1, 0.15) is 0 Å². The van der Waals surface area contributed by atoms with Crippen molar-refractivity contribution in [2.24, 2.45) is 0 Å². The first-order chi connectivity index (χ1) is 29.7. The fourth-order valence-electron chi connectivity index (χ4n) is 9.36. The molecule has 0 unspecified atom stereocenters. The van der Waals surface area contributed by atoms with E-state index in [2.05, 4.69) is 199 Å². The number of furan rings is 1. The summed E-state index contributed by atoms with van der Waals surface area (Å²) in [6.45, 7) is 0. The molecule has 0 spiro atoms. The normalized spacial score (nSPS) is 12.0. The summed E-state index contributed by atoms with van der Waals surface area (Å²) >= 11 is 3.71. The number of hydrogen-bond donors (Lipinski definition) is 0. The van der Waals surface area contributed by atoms with Gasteiger partial charge in [-0.05, 0) is 117 Å². The minimum absolute atomic E-state index is 0.925. The molecule has 4 heteroatoms. The first kappa shape index (κ1) is 33.7. The molecule has 0 N–H and O–H groups in total. The van der Waals surface area contributed by atoms with Gasteiger partial charge in [0.25, 0.3) is 0 Å². The van der Waals surface area contributed by atoms with Crippen LogP contribution in [0.3, 0.4) is 0 Å². The van der Waals surface area contributed by atoms with Crippen molar-refractivity contribution in [2.45, 2.75) is 0 Å². The first-order valence-corrected chi connectivity index (χ1v) is 21.9. The van der Waals surface area contributed by atoms with Gasteiger partial charge >= 0.3 is 0 Å². The van der Waals surface area contributed by atoms with E-state index in [1.54, 1.807) is 0 Å². The lowest BCUT2D eigenvalue weighted by atomic mass is 9.98. The topological polar surface area (TPSA) is 16.4 Å². The van der Waals surface area contributed by atoms with E-state index >= 15 is 0 Å². The average molecular weight is 800 g/mol. The molecule has 0 aliphatic heterocycles. The lowest BCUT2D eigenvalue weighted by Gasteiger charge is -2.26. The Morgan fingerprint density at radius 2 is 1.02 bits per heavy atom. The summed E-state index contributed by atoms with van der Waals surface area (Å²) in [5, 5.41) is 12.4. The lowest BCUT2D eigenvalue weighted by Crippen LogP contribution is -2.10. The number of para-hydroxylation sites is 1. The van der Waals surface area contributed by atoms with E-state index in [1.165, 1.54) is 89.8 Å². The molecule has 0 aliphatic carbocycles. The largest absolute Gasteiger partial charge is 0.455 e. The van der Waals surface area contributed by atoms with Gasteiger partial charge in [0.2, 0.25) is 0 Å². The number of anilines is 3. The molecule has 10 aromatic carbocycles. The third-order valence-electron chi connectivity index (χ3n) is 12.2. The number of nitrogens with zero attached hydrogens (tertiary/aromatic N) is 1. The maximum absolute atomic E-state index is 6.61. The smallest absolute Gasteiger partial charge is 0.144 e. The van der Waals surface area contributed by atoms with Gasteiger partial charge in [0.15, 0.2) is 0 Å². The molecule has 13 rings (SSSR count). The Balaban J connectivity index is 0.976. The molecular formula is C56H33NOS2. The zero-order valence-electron chi connectivity index (χ0n) is 32.2. The van der Waals surface area contributed by atoms with Crippen LogP contribution in [0.5, 0.6) is 0 Å². The molecular weight excluding hydrogens is 767 g/mol. The van der Waals surface area contributed by atoms with E-state index in [4.69, 9.17) is 4.42 Å². The molecule has 60 heavy (non-hydrogen) atoms. The first-order valence-electron chi connectivity index (χ1n) is 20.3. The molecule has 0 saturated heterocycles. The van der Waals surface area contributed by atoms with E-state index in [0.29, 0.717) is 0 Å². The van der Waals surface area contributed by atoms with Crippen molar-refractivity contribution in [1.82, 2.24) is 0 Å². The van der Waals surface area contributed by atoms with Gasteiger partial charge in [-0.25, -0.2) is 0 Å². The summed E-state index contributed by atoms with van der Waals surface area (Å²) in [5.74, 6) is 0. The zero-order chi connectivity index (χ0) is 39.3. The second kappa shape index (κ2) is 13.1. The lowest BCUT2D eigenvalue weighted by molar-refractivity contribution is 0.673. The van der Waals surface area contributed by atoms with Gasteiger partial charge in [-0.15, -0.1) is 22.7 Å². The molecule has 280 valence electrons. The van der Waals surface area contributed by atoms with Crippen molar-refractivity contribution < 1.29 is 4.42 Å². The van der Waals surface area contributed by atoms with Gasteiger partial charge in [0.05, 0.1) is 10.4 Å². The summed E-state index contributed by atoms with van der Waals surface area (Å²) in [6, 6.07) is 73.2. The Hall–Kier alpha value is -7.24. The van der Waals surface area contributed by atoms with Gasteiger partial charge in [-0.1, -0.05) is 127 Å². The van der Waals surface area contributed by atoms with E-state index in [0.717, 1.165) is 33.3 Å². The molecule has 3 aromatic heterocycles. The van der Waals surface area contributed by atoms with Crippen molar-refractivity contribution >= 4 is 124 Å². The van der Waals surface area contributed by atoms with Crippen LogP contribution in [-0.4, -0.2) is 0 Å². The molecule has 0 saturated carbocycles. The van der Waals surface area contributed by atoms with E-state index < -0.39 is 0 Å². The number of fused-ring (bicyclic) bond motifs is 12. The number of hydrogen-bond acceptors (Lipinski definition) is 4. The van der Waals surface area contributed by atoms with Gasteiger partial charge in [-0.2, -0.15) is 0 Å². The fraction of sp³-hybridized carbons (Fsp3) is 0. The van der Waals surface area contributed by atoms with Crippen LogP contribution in [0.2, 0.25) is 0 Å². The molecule has 0 radical (unpaired) electrons. The zero-order valence-corrected chi connectivity index (χ0v) is 33.9. The fourth-order valence-corrected chi connectivity index (χ4v) is 11.7. The highest BCUT2D eigenvalue weighted by Gasteiger charge is 2.21. The number of thiophene rings is 2. The maximum Gasteiger partial charge on any atom is 0.144 e. The van der Waals surface area contributed by atoms with Gasteiger partial charge in [0, 0.05) is 57.8 Å². The third kappa shape index (κ3) is 5.18. The third-order valence-corrected chi connectivity index (χ3v) is 14.5. The molecule has 3 heterocycles. The predicted octanol–water partition coefficient (Wildman–Crippen LogP) is 17.4. The van der Waals surface area contributed by atoms with Crippen LogP contribution < -0.4 is 4.90 Å². The van der Waals surface area contributed by atoms with Gasteiger partial charge in [0.1, 0.15) is 11.2 Å². The predicted molar refractivity (Wildman–Crippen MR) is 260 cm³/mol.